The van der Waals surface area contributed by atoms with Crippen LogP contribution < -0.4 is 0 Å². The summed E-state index contributed by atoms with van der Waals surface area (Å²) in [5.41, 5.74) is 0. The zero-order valence-electron chi connectivity index (χ0n) is 7.93. The molecular formula is C2H12O12P2S. The molecule has 0 fully saturated rings. The average Bonchev–Trinajstić information content (AvgIpc) is 2.00. The van der Waals surface area contributed by atoms with E-state index in [1.54, 1.807) is 0 Å². The van der Waals surface area contributed by atoms with Gasteiger partial charge in [0.15, 0.2) is 0 Å². The van der Waals surface area contributed by atoms with E-state index in [1.165, 1.54) is 0 Å². The van der Waals surface area contributed by atoms with Gasteiger partial charge in [-0.3, -0.25) is 8.42 Å². The van der Waals surface area contributed by atoms with Gasteiger partial charge in [-0.15, -0.1) is 0 Å². The Morgan fingerprint density at radius 3 is 0.824 bits per heavy atom. The van der Waals surface area contributed by atoms with Gasteiger partial charge in [0.25, 0.3) is 0 Å². The lowest BCUT2D eigenvalue weighted by Crippen LogP contribution is -1.91. The van der Waals surface area contributed by atoms with Crippen LogP contribution in [0.3, 0.4) is 0 Å². The van der Waals surface area contributed by atoms with Crippen molar-refractivity contribution in [3.8, 4) is 0 Å². The summed E-state index contributed by atoms with van der Waals surface area (Å²) >= 11 is 0. The second kappa shape index (κ2) is 9.35. The predicted molar refractivity (Wildman–Crippen MR) is 51.8 cm³/mol. The minimum absolute atomic E-state index is 0.951. The highest BCUT2D eigenvalue weighted by Crippen LogP contribution is 2.42. The highest BCUT2D eigenvalue weighted by Gasteiger charge is 2.27. The first-order chi connectivity index (χ1) is 7.12. The molecule has 0 amide bonds. The normalized spacial score (nSPS) is 11.9. The van der Waals surface area contributed by atoms with Crippen molar-refractivity contribution >= 4 is 26.3 Å². The largest absolute Gasteiger partial charge is 0.759 e. The lowest BCUT2D eigenvalue weighted by Gasteiger charge is -2.06. The molecule has 0 aliphatic carbocycles. The van der Waals surface area contributed by atoms with Gasteiger partial charge >= 0.3 is 15.9 Å². The van der Waals surface area contributed by atoms with Crippen LogP contribution in [0.25, 0.3) is 0 Å². The van der Waals surface area contributed by atoms with Gasteiger partial charge in [0.05, 0.1) is 0 Å². The Hall–Kier alpha value is 0.410. The van der Waals surface area contributed by atoms with Crippen LogP contribution in [0.4, 0.5) is 0 Å². The fraction of sp³-hybridized carbons (Fsp3) is 1.00. The van der Waals surface area contributed by atoms with Crippen molar-refractivity contribution in [2.75, 3.05) is 12.7 Å². The van der Waals surface area contributed by atoms with E-state index in [1.807, 2.05) is 0 Å². The second-order valence-electron chi connectivity index (χ2n) is 2.08. The third-order valence-corrected chi connectivity index (χ3v) is 1.14. The van der Waals surface area contributed by atoms with Gasteiger partial charge in [-0.2, -0.15) is 29.4 Å². The van der Waals surface area contributed by atoms with Crippen molar-refractivity contribution in [2.45, 2.75) is 0 Å². The van der Waals surface area contributed by atoms with Crippen LogP contribution in [0.5, 0.6) is 0 Å². The molecule has 0 aromatic rings. The van der Waals surface area contributed by atoms with Crippen LogP contribution in [0.15, 0.2) is 0 Å². The van der Waals surface area contributed by atoms with Gasteiger partial charge in [0.1, 0.15) is 0 Å². The third kappa shape index (κ3) is 82.9. The van der Waals surface area contributed by atoms with Crippen LogP contribution in [0.1, 0.15) is 0 Å². The van der Waals surface area contributed by atoms with Crippen LogP contribution >= 0.6 is 15.9 Å². The van der Waals surface area contributed by atoms with E-state index in [4.69, 9.17) is 57.1 Å². The van der Waals surface area contributed by atoms with Gasteiger partial charge in [-0.1, -0.05) is 0 Å². The SMILES string of the molecule is O=S(=O)([O-])[O-].OC[P+](O)(O)O.OC[P+](O)(O)O. The average molecular weight is 322 g/mol. The van der Waals surface area contributed by atoms with Gasteiger partial charge in [0, 0.05) is 10.4 Å². The Bertz CT molecular complexity index is 237. The van der Waals surface area contributed by atoms with Gasteiger partial charge in [-0.05, 0) is 0 Å². The van der Waals surface area contributed by atoms with Crippen LogP contribution in [-0.2, 0) is 10.4 Å². The molecule has 15 heteroatoms. The number of hydrogen-bond acceptors (Lipinski definition) is 12. The fourth-order valence-electron chi connectivity index (χ4n) is 0. The Kier molecular flexibility index (Phi) is 12.4. The molecule has 0 aromatic carbocycles. The summed E-state index contributed by atoms with van der Waals surface area (Å²) in [4.78, 5) is 46.8. The summed E-state index contributed by atoms with van der Waals surface area (Å²) in [5, 5.41) is 15.4. The van der Waals surface area contributed by atoms with Crippen molar-refractivity contribution in [3.05, 3.63) is 0 Å². The fourth-order valence-corrected chi connectivity index (χ4v) is 0. The molecule has 0 aliphatic rings. The lowest BCUT2D eigenvalue weighted by atomic mass is 11.7. The van der Waals surface area contributed by atoms with E-state index in [0.717, 1.165) is 0 Å². The summed E-state index contributed by atoms with van der Waals surface area (Å²) < 4.78 is 34.1. The molecule has 0 unspecified atom stereocenters. The van der Waals surface area contributed by atoms with Gasteiger partial charge < -0.3 is 19.3 Å². The Morgan fingerprint density at radius 2 is 0.824 bits per heavy atom. The molecule has 0 radical (unpaired) electrons. The van der Waals surface area contributed by atoms with Gasteiger partial charge in [-0.25, -0.2) is 0 Å². The summed E-state index contributed by atoms with van der Waals surface area (Å²) in [6.07, 6.45) is -1.90. The molecule has 12 nitrogen and oxygen atoms in total. The molecule has 0 saturated heterocycles. The molecule has 0 aromatic heterocycles. The maximum Gasteiger partial charge on any atom is 0.431 e. The van der Waals surface area contributed by atoms with Crippen molar-refractivity contribution in [3.63, 3.8) is 0 Å². The number of rotatable bonds is 2. The summed E-state index contributed by atoms with van der Waals surface area (Å²) in [5.74, 6) is 0. The van der Waals surface area contributed by atoms with E-state index in [-0.39, 0.29) is 0 Å². The first kappa shape index (κ1) is 22.6. The molecule has 0 saturated carbocycles. The van der Waals surface area contributed by atoms with Crippen molar-refractivity contribution < 1.29 is 57.1 Å². The highest BCUT2D eigenvalue weighted by atomic mass is 32.3. The second-order valence-corrected chi connectivity index (χ2v) is 6.23. The molecule has 0 heterocycles. The van der Waals surface area contributed by atoms with Crippen LogP contribution in [-0.4, -0.2) is 69.8 Å². The number of hydrogen-bond donors (Lipinski definition) is 8. The summed E-state index contributed by atoms with van der Waals surface area (Å²) in [6, 6.07) is 0. The highest BCUT2D eigenvalue weighted by molar-refractivity contribution is 7.79. The maximum absolute atomic E-state index is 8.52. The van der Waals surface area contributed by atoms with Crippen molar-refractivity contribution in [2.24, 2.45) is 0 Å². The molecule has 17 heavy (non-hydrogen) atoms. The van der Waals surface area contributed by atoms with Crippen molar-refractivity contribution in [1.82, 2.24) is 0 Å². The number of aliphatic hydroxyl groups excluding tert-OH is 2. The molecule has 0 rings (SSSR count). The molecule has 0 spiro atoms. The predicted octanol–water partition coefficient (Wildman–Crippen LogP) is -3.99. The molecule has 8 N–H and O–H groups in total. The minimum Gasteiger partial charge on any atom is -0.759 e. The lowest BCUT2D eigenvalue weighted by molar-refractivity contribution is 0.257. The summed E-state index contributed by atoms with van der Waals surface area (Å²) in [7, 11) is -12.8. The quantitative estimate of drug-likeness (QED) is 0.138. The molecule has 0 bridgehead atoms. The Morgan fingerprint density at radius 1 is 0.765 bits per heavy atom. The van der Waals surface area contributed by atoms with E-state index in [9.17, 15) is 0 Å². The van der Waals surface area contributed by atoms with E-state index < -0.39 is 39.0 Å². The maximum atomic E-state index is 8.52. The van der Waals surface area contributed by atoms with E-state index in [2.05, 4.69) is 0 Å². The Balaban J connectivity index is -0.000000174. The van der Waals surface area contributed by atoms with Crippen molar-refractivity contribution in [1.29, 1.82) is 0 Å². The smallest absolute Gasteiger partial charge is 0.431 e. The van der Waals surface area contributed by atoms with E-state index >= 15 is 0 Å². The zero-order chi connectivity index (χ0) is 14.9. The third-order valence-electron chi connectivity index (χ3n) is 0.379. The minimum atomic E-state index is -5.17. The first-order valence-electron chi connectivity index (χ1n) is 3.13. The zero-order valence-corrected chi connectivity index (χ0v) is 10.5. The Labute approximate surface area is 96.8 Å². The first-order valence-corrected chi connectivity index (χ1v) is 8.13. The molecule has 108 valence electrons. The standard InChI is InChI=1S/2CH6O4P.H2O4S/c2*2-1-6(3,4)5;1-5(2,3)4/h2*2-5H,1H2;(H2,1,2,3,4)/q2*+1;/p-2. The molecule has 0 atom stereocenters. The van der Waals surface area contributed by atoms with Crippen LogP contribution in [0.2, 0.25) is 0 Å². The van der Waals surface area contributed by atoms with E-state index in [0.29, 0.717) is 0 Å². The monoisotopic (exact) mass is 322 g/mol. The topological polar surface area (TPSA) is 242 Å². The number of aliphatic hydroxyl groups is 2. The molecular weight excluding hydrogens is 310 g/mol. The summed E-state index contributed by atoms with van der Waals surface area (Å²) in [6.45, 7) is 0. The van der Waals surface area contributed by atoms with Crippen LogP contribution in [0, 0.1) is 0 Å². The van der Waals surface area contributed by atoms with Gasteiger partial charge in [0.2, 0.25) is 12.7 Å². The molecule has 0 aliphatic heterocycles.